The Balaban J connectivity index is 2.49. The van der Waals surface area contributed by atoms with E-state index in [1.165, 1.54) is 0 Å². The second kappa shape index (κ2) is 4.32. The lowest BCUT2D eigenvalue weighted by Crippen LogP contribution is -2.26. The molecule has 0 aliphatic carbocycles. The standard InChI is InChI=1S/C8H13F2N3/c1-6(12-5-7(9)10)8-11-3-4-13(8)2/h3-4,6-7,12H,5H2,1-2H3. The molecule has 1 rings (SSSR count). The zero-order chi connectivity index (χ0) is 9.84. The van der Waals surface area contributed by atoms with E-state index in [-0.39, 0.29) is 12.6 Å². The first kappa shape index (κ1) is 10.1. The Kier molecular flexibility index (Phi) is 3.36. The highest BCUT2D eigenvalue weighted by atomic mass is 19.3. The normalized spacial score (nSPS) is 13.6. The fourth-order valence-corrected chi connectivity index (χ4v) is 1.15. The lowest BCUT2D eigenvalue weighted by atomic mass is 10.3. The highest BCUT2D eigenvalue weighted by Crippen LogP contribution is 2.08. The quantitative estimate of drug-likeness (QED) is 0.774. The Bertz CT molecular complexity index is 260. The summed E-state index contributed by atoms with van der Waals surface area (Å²) >= 11 is 0. The SMILES string of the molecule is CC(NCC(F)F)c1nccn1C. The minimum Gasteiger partial charge on any atom is -0.337 e. The maximum absolute atomic E-state index is 11.8. The number of rotatable bonds is 4. The molecule has 1 heterocycles. The second-order valence-electron chi connectivity index (χ2n) is 2.92. The molecule has 1 unspecified atom stereocenters. The van der Waals surface area contributed by atoms with Crippen molar-refractivity contribution in [3.8, 4) is 0 Å². The molecule has 1 aromatic heterocycles. The molecule has 13 heavy (non-hydrogen) atoms. The van der Waals surface area contributed by atoms with Crippen LogP contribution in [0, 0.1) is 0 Å². The van der Waals surface area contributed by atoms with E-state index >= 15 is 0 Å². The van der Waals surface area contributed by atoms with Crippen molar-refractivity contribution >= 4 is 0 Å². The number of alkyl halides is 2. The molecule has 0 saturated carbocycles. The van der Waals surface area contributed by atoms with Crippen LogP contribution in [0.15, 0.2) is 12.4 Å². The number of aryl methyl sites for hydroxylation is 1. The van der Waals surface area contributed by atoms with Crippen LogP contribution in [-0.4, -0.2) is 22.5 Å². The molecule has 0 saturated heterocycles. The fourth-order valence-electron chi connectivity index (χ4n) is 1.15. The van der Waals surface area contributed by atoms with Gasteiger partial charge in [-0.05, 0) is 6.92 Å². The fraction of sp³-hybridized carbons (Fsp3) is 0.625. The first-order valence-corrected chi connectivity index (χ1v) is 4.10. The summed E-state index contributed by atoms with van der Waals surface area (Å²) in [6.07, 6.45) is 1.12. The van der Waals surface area contributed by atoms with Crippen molar-refractivity contribution in [2.45, 2.75) is 19.4 Å². The van der Waals surface area contributed by atoms with Crippen LogP contribution in [0.25, 0.3) is 0 Å². The molecule has 0 aromatic carbocycles. The van der Waals surface area contributed by atoms with Crippen molar-refractivity contribution in [2.24, 2.45) is 7.05 Å². The van der Waals surface area contributed by atoms with Crippen molar-refractivity contribution in [2.75, 3.05) is 6.54 Å². The molecule has 0 aliphatic rings. The van der Waals surface area contributed by atoms with E-state index in [0.29, 0.717) is 0 Å². The number of aromatic nitrogens is 2. The predicted molar refractivity (Wildman–Crippen MR) is 45.6 cm³/mol. The van der Waals surface area contributed by atoms with Gasteiger partial charge in [0, 0.05) is 19.4 Å². The first-order valence-electron chi connectivity index (χ1n) is 4.10. The van der Waals surface area contributed by atoms with Crippen LogP contribution >= 0.6 is 0 Å². The van der Waals surface area contributed by atoms with Crippen molar-refractivity contribution in [3.05, 3.63) is 18.2 Å². The zero-order valence-electron chi connectivity index (χ0n) is 7.67. The van der Waals surface area contributed by atoms with Crippen LogP contribution in [0.4, 0.5) is 8.78 Å². The maximum Gasteiger partial charge on any atom is 0.250 e. The Morgan fingerprint density at radius 1 is 1.62 bits per heavy atom. The van der Waals surface area contributed by atoms with Crippen LogP contribution in [0.5, 0.6) is 0 Å². The third-order valence-electron chi connectivity index (χ3n) is 1.82. The second-order valence-corrected chi connectivity index (χ2v) is 2.92. The van der Waals surface area contributed by atoms with Gasteiger partial charge in [-0.15, -0.1) is 0 Å². The number of hydrogen-bond donors (Lipinski definition) is 1. The third-order valence-corrected chi connectivity index (χ3v) is 1.82. The minimum atomic E-state index is -2.32. The van der Waals surface area contributed by atoms with Crippen LogP contribution in [-0.2, 0) is 7.05 Å². The van der Waals surface area contributed by atoms with Gasteiger partial charge in [0.2, 0.25) is 0 Å². The summed E-state index contributed by atoms with van der Waals surface area (Å²) in [5, 5.41) is 2.69. The zero-order valence-corrected chi connectivity index (χ0v) is 7.67. The number of imidazole rings is 1. The summed E-state index contributed by atoms with van der Waals surface area (Å²) in [5.41, 5.74) is 0. The highest BCUT2D eigenvalue weighted by Gasteiger charge is 2.11. The smallest absolute Gasteiger partial charge is 0.250 e. The highest BCUT2D eigenvalue weighted by molar-refractivity contribution is 4.96. The van der Waals surface area contributed by atoms with Gasteiger partial charge in [0.1, 0.15) is 5.82 Å². The molecule has 74 valence electrons. The Morgan fingerprint density at radius 2 is 2.31 bits per heavy atom. The molecule has 0 amide bonds. The van der Waals surface area contributed by atoms with Gasteiger partial charge in [-0.25, -0.2) is 13.8 Å². The monoisotopic (exact) mass is 189 g/mol. The van der Waals surface area contributed by atoms with Crippen LogP contribution < -0.4 is 5.32 Å². The van der Waals surface area contributed by atoms with Crippen LogP contribution in [0.2, 0.25) is 0 Å². The van der Waals surface area contributed by atoms with E-state index in [4.69, 9.17) is 0 Å². The Labute approximate surface area is 75.8 Å². The van der Waals surface area contributed by atoms with E-state index in [9.17, 15) is 8.78 Å². The van der Waals surface area contributed by atoms with E-state index < -0.39 is 6.43 Å². The summed E-state index contributed by atoms with van der Waals surface area (Å²) in [5.74, 6) is 0.764. The average molecular weight is 189 g/mol. The Hall–Kier alpha value is -0.970. The van der Waals surface area contributed by atoms with Gasteiger partial charge in [0.15, 0.2) is 0 Å². The number of hydrogen-bond acceptors (Lipinski definition) is 2. The lowest BCUT2D eigenvalue weighted by Gasteiger charge is -2.12. The molecule has 1 aromatic rings. The minimum absolute atomic E-state index is 0.144. The molecule has 0 aliphatic heterocycles. The lowest BCUT2D eigenvalue weighted by molar-refractivity contribution is 0.141. The molecular weight excluding hydrogens is 176 g/mol. The number of nitrogens with one attached hydrogen (secondary N) is 1. The van der Waals surface area contributed by atoms with E-state index in [1.54, 1.807) is 12.4 Å². The average Bonchev–Trinajstić information content (AvgIpc) is 2.47. The van der Waals surface area contributed by atoms with Gasteiger partial charge >= 0.3 is 0 Å². The van der Waals surface area contributed by atoms with Gasteiger partial charge in [0.05, 0.1) is 12.6 Å². The summed E-state index contributed by atoms with van der Waals surface area (Å²) in [6.45, 7) is 1.51. The first-order chi connectivity index (χ1) is 6.11. The Morgan fingerprint density at radius 3 is 2.77 bits per heavy atom. The number of halogens is 2. The molecule has 0 spiro atoms. The largest absolute Gasteiger partial charge is 0.337 e. The maximum atomic E-state index is 11.8. The van der Waals surface area contributed by atoms with E-state index in [2.05, 4.69) is 10.3 Å². The van der Waals surface area contributed by atoms with Crippen LogP contribution in [0.3, 0.4) is 0 Å². The van der Waals surface area contributed by atoms with E-state index in [1.807, 2.05) is 18.5 Å². The summed E-state index contributed by atoms with van der Waals surface area (Å²) in [6, 6.07) is -0.144. The van der Waals surface area contributed by atoms with Gasteiger partial charge in [-0.3, -0.25) is 0 Å². The molecule has 1 N–H and O–H groups in total. The molecule has 0 bridgehead atoms. The van der Waals surface area contributed by atoms with Gasteiger partial charge in [0.25, 0.3) is 6.43 Å². The van der Waals surface area contributed by atoms with Crippen molar-refractivity contribution in [1.82, 2.24) is 14.9 Å². The summed E-state index contributed by atoms with van der Waals surface area (Å²) in [7, 11) is 1.84. The molecule has 1 atom stereocenters. The summed E-state index contributed by atoms with van der Waals surface area (Å²) < 4.78 is 25.5. The van der Waals surface area contributed by atoms with Crippen molar-refractivity contribution in [1.29, 1.82) is 0 Å². The molecule has 0 fully saturated rings. The predicted octanol–water partition coefficient (Wildman–Crippen LogP) is 1.34. The van der Waals surface area contributed by atoms with Crippen LogP contribution in [0.1, 0.15) is 18.8 Å². The summed E-state index contributed by atoms with van der Waals surface area (Å²) in [4.78, 5) is 4.05. The van der Waals surface area contributed by atoms with Crippen molar-refractivity contribution < 1.29 is 8.78 Å². The molecular formula is C8H13F2N3. The van der Waals surface area contributed by atoms with Gasteiger partial charge in [-0.2, -0.15) is 0 Å². The van der Waals surface area contributed by atoms with E-state index in [0.717, 1.165) is 5.82 Å². The third kappa shape index (κ3) is 2.77. The van der Waals surface area contributed by atoms with Crippen molar-refractivity contribution in [3.63, 3.8) is 0 Å². The van der Waals surface area contributed by atoms with Gasteiger partial charge < -0.3 is 9.88 Å². The molecule has 3 nitrogen and oxygen atoms in total. The topological polar surface area (TPSA) is 29.9 Å². The number of nitrogens with zero attached hydrogens (tertiary/aromatic N) is 2. The molecule has 0 radical (unpaired) electrons. The molecule has 5 heteroatoms. The van der Waals surface area contributed by atoms with Gasteiger partial charge in [-0.1, -0.05) is 0 Å².